The number of hydrogen-bond acceptors (Lipinski definition) is 0. The summed E-state index contributed by atoms with van der Waals surface area (Å²) < 4.78 is 0. The third kappa shape index (κ3) is 12.0. The van der Waals surface area contributed by atoms with Crippen molar-refractivity contribution >= 4 is 15.9 Å². The lowest BCUT2D eigenvalue weighted by Crippen LogP contribution is -1.77. The van der Waals surface area contributed by atoms with Gasteiger partial charge in [-0.05, 0) is 12.8 Å². The van der Waals surface area contributed by atoms with E-state index in [9.17, 15) is 0 Å². The van der Waals surface area contributed by atoms with Crippen molar-refractivity contribution in [3.05, 3.63) is 24.3 Å². The highest BCUT2D eigenvalue weighted by atomic mass is 79.9. The second-order valence-corrected chi connectivity index (χ2v) is 4.21. The summed E-state index contributed by atoms with van der Waals surface area (Å²) in [4.78, 5) is 0. The Morgan fingerprint density at radius 2 is 1.50 bits per heavy atom. The molecule has 0 aliphatic heterocycles. The lowest BCUT2D eigenvalue weighted by atomic mass is 10.1. The largest absolute Gasteiger partial charge is 0.0883 e. The maximum absolute atomic E-state index is 3.35. The second-order valence-electron chi connectivity index (χ2n) is 3.57. The summed E-state index contributed by atoms with van der Waals surface area (Å²) in [6, 6.07) is 0. The zero-order chi connectivity index (χ0) is 10.5. The first-order chi connectivity index (χ1) is 6.91. The van der Waals surface area contributed by atoms with Crippen molar-refractivity contribution in [3.8, 4) is 0 Å². The van der Waals surface area contributed by atoms with Crippen molar-refractivity contribution in [2.24, 2.45) is 0 Å². The van der Waals surface area contributed by atoms with Gasteiger partial charge in [-0.2, -0.15) is 0 Å². The third-order valence-electron chi connectivity index (χ3n) is 2.20. The predicted molar refractivity (Wildman–Crippen MR) is 70.1 cm³/mol. The van der Waals surface area contributed by atoms with Crippen molar-refractivity contribution in [1.82, 2.24) is 0 Å². The van der Waals surface area contributed by atoms with Crippen LogP contribution >= 0.6 is 15.9 Å². The fourth-order valence-electron chi connectivity index (χ4n) is 1.35. The Labute approximate surface area is 97.6 Å². The summed E-state index contributed by atoms with van der Waals surface area (Å²) in [6.07, 6.45) is 18.2. The molecule has 0 nitrogen and oxygen atoms in total. The van der Waals surface area contributed by atoms with Crippen LogP contribution < -0.4 is 0 Å². The Bertz CT molecular complexity index is 147. The smallest absolute Gasteiger partial charge is 0.0215 e. The van der Waals surface area contributed by atoms with Crippen LogP contribution in [0.2, 0.25) is 0 Å². The van der Waals surface area contributed by atoms with Crippen LogP contribution in [0.5, 0.6) is 0 Å². The number of alkyl halides is 1. The van der Waals surface area contributed by atoms with Crippen LogP contribution in [0.25, 0.3) is 0 Å². The van der Waals surface area contributed by atoms with Crippen molar-refractivity contribution in [2.75, 3.05) is 5.33 Å². The van der Waals surface area contributed by atoms with Crippen molar-refractivity contribution in [1.29, 1.82) is 0 Å². The van der Waals surface area contributed by atoms with Gasteiger partial charge in [-0.25, -0.2) is 0 Å². The van der Waals surface area contributed by atoms with Gasteiger partial charge in [0.15, 0.2) is 0 Å². The Morgan fingerprint density at radius 3 is 2.21 bits per heavy atom. The highest BCUT2D eigenvalue weighted by molar-refractivity contribution is 9.09. The van der Waals surface area contributed by atoms with Crippen LogP contribution in [0.4, 0.5) is 0 Å². The minimum atomic E-state index is 0.953. The Balaban J connectivity index is 3.05. The lowest BCUT2D eigenvalue weighted by molar-refractivity contribution is 0.611. The molecule has 0 aliphatic rings. The quantitative estimate of drug-likeness (QED) is 0.301. The molecule has 82 valence electrons. The molecular weight excluding hydrogens is 236 g/mol. The lowest BCUT2D eigenvalue weighted by Gasteiger charge is -1.97. The summed E-state index contributed by atoms with van der Waals surface area (Å²) >= 11 is 3.35. The molecule has 0 aromatic carbocycles. The van der Waals surface area contributed by atoms with Gasteiger partial charge in [0.25, 0.3) is 0 Å². The topological polar surface area (TPSA) is 0 Å². The van der Waals surface area contributed by atoms with E-state index in [1.165, 1.54) is 44.9 Å². The van der Waals surface area contributed by atoms with Crippen molar-refractivity contribution < 1.29 is 0 Å². The number of allylic oxidation sites excluding steroid dienone is 4. The molecule has 1 heteroatoms. The van der Waals surface area contributed by atoms with Crippen LogP contribution in [-0.4, -0.2) is 5.33 Å². The number of rotatable bonds is 9. The van der Waals surface area contributed by atoms with Gasteiger partial charge in [0.2, 0.25) is 0 Å². The summed E-state index contributed by atoms with van der Waals surface area (Å²) in [6.45, 7) is 2.26. The van der Waals surface area contributed by atoms with E-state index >= 15 is 0 Å². The molecule has 0 bridgehead atoms. The molecule has 0 spiro atoms. The van der Waals surface area contributed by atoms with Crippen LogP contribution in [-0.2, 0) is 0 Å². The van der Waals surface area contributed by atoms with E-state index in [1.807, 2.05) is 0 Å². The van der Waals surface area contributed by atoms with E-state index in [4.69, 9.17) is 0 Å². The highest BCUT2D eigenvalue weighted by Gasteiger charge is 1.87. The standard InChI is InChI=1S/C13H23Br/c1-2-3-4-5-6-7-8-9-10-11-12-13-14/h9-12H,2-8,13H2,1H3. The molecule has 0 aromatic heterocycles. The van der Waals surface area contributed by atoms with Crippen LogP contribution in [0, 0.1) is 0 Å². The maximum atomic E-state index is 3.35. The molecule has 0 saturated carbocycles. The Morgan fingerprint density at radius 1 is 0.857 bits per heavy atom. The summed E-state index contributed by atoms with van der Waals surface area (Å²) in [5, 5.41) is 0.953. The normalized spacial score (nSPS) is 11.9. The molecule has 14 heavy (non-hydrogen) atoms. The summed E-state index contributed by atoms with van der Waals surface area (Å²) in [5.74, 6) is 0. The molecular formula is C13H23Br. The first-order valence-electron chi connectivity index (χ1n) is 5.79. The predicted octanol–water partition coefficient (Wildman–Crippen LogP) is 5.24. The zero-order valence-electron chi connectivity index (χ0n) is 9.34. The minimum absolute atomic E-state index is 0.953. The van der Waals surface area contributed by atoms with Gasteiger partial charge in [-0.15, -0.1) is 0 Å². The van der Waals surface area contributed by atoms with Gasteiger partial charge in [-0.3, -0.25) is 0 Å². The van der Waals surface area contributed by atoms with Gasteiger partial charge in [-0.1, -0.05) is 79.3 Å². The zero-order valence-corrected chi connectivity index (χ0v) is 10.9. The second kappa shape index (κ2) is 13.0. The highest BCUT2D eigenvalue weighted by Crippen LogP contribution is 2.07. The molecule has 0 atom stereocenters. The first kappa shape index (κ1) is 14.0. The molecule has 0 amide bonds. The van der Waals surface area contributed by atoms with E-state index in [2.05, 4.69) is 47.2 Å². The molecule has 0 fully saturated rings. The summed E-state index contributed by atoms with van der Waals surface area (Å²) in [5.41, 5.74) is 0. The van der Waals surface area contributed by atoms with Crippen molar-refractivity contribution in [3.63, 3.8) is 0 Å². The van der Waals surface area contributed by atoms with Gasteiger partial charge in [0, 0.05) is 5.33 Å². The Hall–Kier alpha value is -0.0400. The Kier molecular flexibility index (Phi) is 12.9. The van der Waals surface area contributed by atoms with E-state index in [1.54, 1.807) is 0 Å². The molecule has 0 N–H and O–H groups in total. The average Bonchev–Trinajstić information content (AvgIpc) is 2.21. The van der Waals surface area contributed by atoms with Crippen LogP contribution in [0.15, 0.2) is 24.3 Å². The van der Waals surface area contributed by atoms with E-state index < -0.39 is 0 Å². The number of halogens is 1. The SMILES string of the molecule is CCCCCCCCC=CC=CCBr. The molecule has 0 rings (SSSR count). The monoisotopic (exact) mass is 258 g/mol. The van der Waals surface area contributed by atoms with Crippen molar-refractivity contribution in [2.45, 2.75) is 51.9 Å². The fourth-order valence-corrected chi connectivity index (χ4v) is 1.56. The summed E-state index contributed by atoms with van der Waals surface area (Å²) in [7, 11) is 0. The minimum Gasteiger partial charge on any atom is -0.0883 e. The first-order valence-corrected chi connectivity index (χ1v) is 6.91. The average molecular weight is 259 g/mol. The van der Waals surface area contributed by atoms with Gasteiger partial charge >= 0.3 is 0 Å². The van der Waals surface area contributed by atoms with Gasteiger partial charge < -0.3 is 0 Å². The maximum Gasteiger partial charge on any atom is 0.0215 e. The molecule has 0 saturated heterocycles. The van der Waals surface area contributed by atoms with E-state index in [0.29, 0.717) is 0 Å². The molecule has 0 unspecified atom stereocenters. The van der Waals surface area contributed by atoms with Crippen LogP contribution in [0.3, 0.4) is 0 Å². The van der Waals surface area contributed by atoms with E-state index in [0.717, 1.165) is 5.33 Å². The molecule has 0 heterocycles. The molecule has 0 radical (unpaired) electrons. The van der Waals surface area contributed by atoms with Crippen LogP contribution in [0.1, 0.15) is 51.9 Å². The number of hydrogen-bond donors (Lipinski definition) is 0. The number of unbranched alkanes of at least 4 members (excludes halogenated alkanes) is 6. The van der Waals surface area contributed by atoms with E-state index in [-0.39, 0.29) is 0 Å². The van der Waals surface area contributed by atoms with Gasteiger partial charge in [0.1, 0.15) is 0 Å². The molecule has 0 aromatic rings. The van der Waals surface area contributed by atoms with Gasteiger partial charge in [0.05, 0.1) is 0 Å². The molecule has 0 aliphatic carbocycles. The third-order valence-corrected chi connectivity index (χ3v) is 2.57. The fraction of sp³-hybridized carbons (Fsp3) is 0.692.